The fourth-order valence-corrected chi connectivity index (χ4v) is 6.17. The van der Waals surface area contributed by atoms with Crippen LogP contribution < -0.4 is 4.90 Å². The lowest BCUT2D eigenvalue weighted by Gasteiger charge is -2.38. The van der Waals surface area contributed by atoms with Crippen molar-refractivity contribution in [1.82, 2.24) is 24.6 Å². The lowest BCUT2D eigenvalue weighted by atomic mass is 9.99. The lowest BCUT2D eigenvalue weighted by molar-refractivity contribution is 0.00730. The molecular weight excluding hydrogens is 557 g/mol. The Labute approximate surface area is 248 Å². The van der Waals surface area contributed by atoms with Gasteiger partial charge in [-0.15, -0.1) is 0 Å². The predicted molar refractivity (Wildman–Crippen MR) is 157 cm³/mol. The van der Waals surface area contributed by atoms with Gasteiger partial charge in [0.1, 0.15) is 29.2 Å². The molecule has 5 heterocycles. The van der Waals surface area contributed by atoms with E-state index in [1.807, 2.05) is 50.7 Å². The Hall–Kier alpha value is -4.15. The van der Waals surface area contributed by atoms with Crippen molar-refractivity contribution in [2.75, 3.05) is 18.0 Å². The van der Waals surface area contributed by atoms with E-state index in [9.17, 15) is 18.0 Å². The summed E-state index contributed by atoms with van der Waals surface area (Å²) < 4.78 is 50.9. The average molecular weight is 593 g/mol. The molecule has 2 saturated heterocycles. The average Bonchev–Trinajstić information content (AvgIpc) is 3.60. The van der Waals surface area contributed by atoms with Crippen LogP contribution in [0.5, 0.6) is 0 Å². The first-order valence-electron chi connectivity index (χ1n) is 14.6. The van der Waals surface area contributed by atoms with E-state index in [0.717, 1.165) is 42.2 Å². The molecule has 2 aliphatic rings. The maximum Gasteiger partial charge on any atom is 0.410 e. The lowest BCUT2D eigenvalue weighted by Crippen LogP contribution is -2.47. The Bertz CT molecular complexity index is 1650. The highest BCUT2D eigenvalue weighted by Crippen LogP contribution is 2.39. The fraction of sp³-hybridized carbons (Fsp3) is 0.438. The summed E-state index contributed by atoms with van der Waals surface area (Å²) in [6.07, 6.45) is 5.46. The number of ether oxygens (including phenoxy) is 1. The summed E-state index contributed by atoms with van der Waals surface area (Å²) in [5.74, 6) is -0.683. The standard InChI is InChI=1S/C32H35F3N6O2/c1-19-13-23(10-12-39(19)31(42)43-32(2,3)4)41-17-20(16-37-41)24-9-11-36-27-7-8-29(38-30(24)27)40-18-22(34)15-28(40)25-14-21(33)5-6-26(25)35/h5-9,11,14,16-17,19,22-23,28H,10,12-13,15,18H2,1-4H3/t19?,22-,23?,28+/m0/s1. The van der Waals surface area contributed by atoms with Crippen molar-refractivity contribution in [3.8, 4) is 11.1 Å². The van der Waals surface area contributed by atoms with E-state index in [0.29, 0.717) is 23.4 Å². The number of likely N-dealkylation sites (tertiary alicyclic amines) is 1. The number of fused-ring (bicyclic) bond motifs is 1. The van der Waals surface area contributed by atoms with Crippen molar-refractivity contribution in [2.45, 2.75) is 76.9 Å². The van der Waals surface area contributed by atoms with Crippen LogP contribution in [0.4, 0.5) is 23.8 Å². The number of anilines is 1. The number of benzene rings is 1. The van der Waals surface area contributed by atoms with E-state index in [-0.39, 0.29) is 36.7 Å². The van der Waals surface area contributed by atoms with Crippen molar-refractivity contribution in [1.29, 1.82) is 0 Å². The molecule has 0 aliphatic carbocycles. The summed E-state index contributed by atoms with van der Waals surface area (Å²) in [5, 5.41) is 4.66. The molecule has 8 nitrogen and oxygen atoms in total. The summed E-state index contributed by atoms with van der Waals surface area (Å²) in [6, 6.07) is 8.08. The molecular formula is C32H35F3N6O2. The topological polar surface area (TPSA) is 76.4 Å². The van der Waals surface area contributed by atoms with Gasteiger partial charge in [-0.2, -0.15) is 5.10 Å². The van der Waals surface area contributed by atoms with Crippen molar-refractivity contribution < 1.29 is 22.7 Å². The van der Waals surface area contributed by atoms with Crippen molar-refractivity contribution in [3.05, 3.63) is 72.2 Å². The number of carbonyl (C=O) groups excluding carboxylic acids is 1. The highest BCUT2D eigenvalue weighted by atomic mass is 19.1. The van der Waals surface area contributed by atoms with Crippen molar-refractivity contribution >= 4 is 22.9 Å². The molecule has 2 unspecified atom stereocenters. The van der Waals surface area contributed by atoms with Crippen LogP contribution in [0, 0.1) is 11.6 Å². The van der Waals surface area contributed by atoms with E-state index in [4.69, 9.17) is 9.72 Å². The molecule has 2 aliphatic heterocycles. The number of alkyl halides is 1. The molecule has 0 spiro atoms. The van der Waals surface area contributed by atoms with Crippen LogP contribution in [0.2, 0.25) is 0 Å². The molecule has 1 amide bonds. The Morgan fingerprint density at radius 1 is 1.09 bits per heavy atom. The summed E-state index contributed by atoms with van der Waals surface area (Å²) >= 11 is 0. The number of pyridine rings is 2. The van der Waals surface area contributed by atoms with Gasteiger partial charge in [-0.05, 0) is 76.9 Å². The normalized spacial score (nSPS) is 22.8. The van der Waals surface area contributed by atoms with E-state index < -0.39 is 29.4 Å². The zero-order valence-corrected chi connectivity index (χ0v) is 24.7. The summed E-state index contributed by atoms with van der Waals surface area (Å²) in [7, 11) is 0. The second-order valence-corrected chi connectivity index (χ2v) is 12.5. The van der Waals surface area contributed by atoms with Gasteiger partial charge < -0.3 is 14.5 Å². The number of aromatic nitrogens is 4. The van der Waals surface area contributed by atoms with Gasteiger partial charge >= 0.3 is 6.09 Å². The third-order valence-electron chi connectivity index (χ3n) is 8.19. The monoisotopic (exact) mass is 592 g/mol. The van der Waals surface area contributed by atoms with Crippen LogP contribution in [-0.4, -0.2) is 61.6 Å². The quantitative estimate of drug-likeness (QED) is 0.254. The highest BCUT2D eigenvalue weighted by Gasteiger charge is 2.36. The SMILES string of the molecule is CC1CC(n2cc(-c3ccnc4ccc(N5C[C@@H](F)C[C@@H]5c5cc(F)ccc5F)nc34)cn2)CCN1C(=O)OC(C)(C)C. The molecule has 3 aromatic heterocycles. The predicted octanol–water partition coefficient (Wildman–Crippen LogP) is 7.02. The van der Waals surface area contributed by atoms with Crippen LogP contribution >= 0.6 is 0 Å². The Kier molecular flexibility index (Phi) is 7.52. The first-order valence-corrected chi connectivity index (χ1v) is 14.6. The van der Waals surface area contributed by atoms with Gasteiger partial charge in [0.2, 0.25) is 0 Å². The number of halogens is 3. The zero-order chi connectivity index (χ0) is 30.5. The van der Waals surface area contributed by atoms with Crippen LogP contribution in [-0.2, 0) is 4.74 Å². The van der Waals surface area contributed by atoms with E-state index in [1.165, 1.54) is 0 Å². The Morgan fingerprint density at radius 3 is 2.67 bits per heavy atom. The highest BCUT2D eigenvalue weighted by molar-refractivity contribution is 5.91. The largest absolute Gasteiger partial charge is 0.444 e. The van der Waals surface area contributed by atoms with Crippen LogP contribution in [0.3, 0.4) is 0 Å². The van der Waals surface area contributed by atoms with Gasteiger partial charge in [-0.3, -0.25) is 9.67 Å². The minimum Gasteiger partial charge on any atom is -0.444 e. The van der Waals surface area contributed by atoms with Crippen LogP contribution in [0.25, 0.3) is 22.2 Å². The Morgan fingerprint density at radius 2 is 1.91 bits per heavy atom. The van der Waals surface area contributed by atoms with E-state index >= 15 is 0 Å². The molecule has 4 aromatic rings. The van der Waals surface area contributed by atoms with Gasteiger partial charge in [0, 0.05) is 48.1 Å². The summed E-state index contributed by atoms with van der Waals surface area (Å²) in [4.78, 5) is 25.5. The number of nitrogens with zero attached hydrogens (tertiary/aromatic N) is 6. The van der Waals surface area contributed by atoms with Crippen LogP contribution in [0.15, 0.2) is 55.0 Å². The smallest absolute Gasteiger partial charge is 0.410 e. The summed E-state index contributed by atoms with van der Waals surface area (Å²) in [5.41, 5.74) is 2.47. The molecule has 0 radical (unpaired) electrons. The number of rotatable bonds is 4. The molecule has 11 heteroatoms. The minimum absolute atomic E-state index is 0.0112. The maximum absolute atomic E-state index is 14.7. The van der Waals surface area contributed by atoms with Gasteiger partial charge in [0.05, 0.1) is 35.9 Å². The molecule has 43 heavy (non-hydrogen) atoms. The third kappa shape index (κ3) is 5.89. The van der Waals surface area contributed by atoms with Gasteiger partial charge in [-0.25, -0.2) is 22.9 Å². The first kappa shape index (κ1) is 28.9. The molecule has 6 rings (SSSR count). The number of hydrogen-bond acceptors (Lipinski definition) is 6. The van der Waals surface area contributed by atoms with Crippen LogP contribution in [0.1, 0.15) is 64.6 Å². The Balaban J connectivity index is 1.26. The second kappa shape index (κ2) is 11.2. The van der Waals surface area contributed by atoms with E-state index in [1.54, 1.807) is 28.3 Å². The first-order chi connectivity index (χ1) is 20.5. The molecule has 4 atom stereocenters. The van der Waals surface area contributed by atoms with E-state index in [2.05, 4.69) is 10.1 Å². The minimum atomic E-state index is -1.21. The van der Waals surface area contributed by atoms with Gasteiger partial charge in [0.25, 0.3) is 0 Å². The molecule has 0 N–H and O–H groups in total. The number of hydrogen-bond donors (Lipinski definition) is 0. The number of amides is 1. The molecule has 1 aromatic carbocycles. The summed E-state index contributed by atoms with van der Waals surface area (Å²) in [6.45, 7) is 8.19. The molecule has 2 fully saturated rings. The van der Waals surface area contributed by atoms with Gasteiger partial charge in [0.15, 0.2) is 0 Å². The third-order valence-corrected chi connectivity index (χ3v) is 8.19. The second-order valence-electron chi connectivity index (χ2n) is 12.5. The maximum atomic E-state index is 14.7. The fourth-order valence-electron chi connectivity index (χ4n) is 6.17. The molecule has 226 valence electrons. The number of carbonyl (C=O) groups is 1. The van der Waals surface area contributed by atoms with Crippen molar-refractivity contribution in [3.63, 3.8) is 0 Å². The zero-order valence-electron chi connectivity index (χ0n) is 24.7. The molecule has 0 bridgehead atoms. The molecule has 0 saturated carbocycles. The van der Waals surface area contributed by atoms with Gasteiger partial charge in [-0.1, -0.05) is 0 Å². The number of piperidine rings is 1. The van der Waals surface area contributed by atoms with Crippen molar-refractivity contribution in [2.24, 2.45) is 0 Å².